The number of nitrogens with zero attached hydrogens (tertiary/aromatic N) is 4. The van der Waals surface area contributed by atoms with Crippen molar-refractivity contribution in [2.45, 2.75) is 26.3 Å². The number of benzene rings is 2. The minimum Gasteiger partial charge on any atom is -0.497 e. The van der Waals surface area contributed by atoms with Gasteiger partial charge in [-0.15, -0.1) is 10.2 Å². The van der Waals surface area contributed by atoms with E-state index >= 15 is 0 Å². The molecule has 0 saturated carbocycles. The Kier molecular flexibility index (Phi) is 8.29. The molecule has 0 unspecified atom stereocenters. The van der Waals surface area contributed by atoms with E-state index in [2.05, 4.69) is 33.0 Å². The Balaban J connectivity index is 1.59. The maximum Gasteiger partial charge on any atom is 0.191 e. The summed E-state index contributed by atoms with van der Waals surface area (Å²) in [6, 6.07) is 16.0. The topological polar surface area (TPSA) is 76.4 Å². The number of methoxy groups -OCH3 is 1. The highest BCUT2D eigenvalue weighted by molar-refractivity contribution is 6.31. The first-order valence-corrected chi connectivity index (χ1v) is 10.7. The lowest BCUT2D eigenvalue weighted by Crippen LogP contribution is -2.39. The molecule has 0 aliphatic rings. The molecule has 3 rings (SSSR count). The molecular formula is C23H29ClN6O. The smallest absolute Gasteiger partial charge is 0.191 e. The van der Waals surface area contributed by atoms with Crippen LogP contribution < -0.4 is 15.4 Å². The number of rotatable bonds is 9. The van der Waals surface area contributed by atoms with E-state index in [0.717, 1.165) is 59.9 Å². The van der Waals surface area contributed by atoms with Crippen molar-refractivity contribution in [1.82, 2.24) is 25.4 Å². The fourth-order valence-corrected chi connectivity index (χ4v) is 3.28. The Labute approximate surface area is 188 Å². The van der Waals surface area contributed by atoms with Crippen LogP contribution in [-0.4, -0.2) is 40.9 Å². The van der Waals surface area contributed by atoms with E-state index < -0.39 is 0 Å². The summed E-state index contributed by atoms with van der Waals surface area (Å²) < 4.78 is 7.17. The van der Waals surface area contributed by atoms with Crippen molar-refractivity contribution in [3.05, 3.63) is 76.3 Å². The average molecular weight is 441 g/mol. The molecule has 164 valence electrons. The van der Waals surface area contributed by atoms with Crippen molar-refractivity contribution in [3.8, 4) is 5.75 Å². The highest BCUT2D eigenvalue weighted by Crippen LogP contribution is 2.15. The zero-order valence-corrected chi connectivity index (χ0v) is 19.0. The van der Waals surface area contributed by atoms with Gasteiger partial charge in [0.15, 0.2) is 11.8 Å². The van der Waals surface area contributed by atoms with E-state index in [4.69, 9.17) is 21.3 Å². The Bertz CT molecular complexity index is 1000. The van der Waals surface area contributed by atoms with Crippen LogP contribution in [0.15, 0.2) is 53.5 Å². The molecule has 2 aromatic carbocycles. The molecule has 0 spiro atoms. The SMILES string of the molecule is COc1ccc(CCNC(=NCc2nnc(C)n2C)NCCc2ccccc2Cl)cc1. The van der Waals surface area contributed by atoms with Gasteiger partial charge < -0.3 is 19.9 Å². The van der Waals surface area contributed by atoms with Crippen LogP contribution >= 0.6 is 11.6 Å². The van der Waals surface area contributed by atoms with Crippen LogP contribution in [0.5, 0.6) is 5.75 Å². The van der Waals surface area contributed by atoms with Crippen LogP contribution in [0.25, 0.3) is 0 Å². The van der Waals surface area contributed by atoms with Crippen LogP contribution in [-0.2, 0) is 26.4 Å². The largest absolute Gasteiger partial charge is 0.497 e. The first-order chi connectivity index (χ1) is 15.1. The Morgan fingerprint density at radius 2 is 1.74 bits per heavy atom. The van der Waals surface area contributed by atoms with Gasteiger partial charge in [0.25, 0.3) is 0 Å². The van der Waals surface area contributed by atoms with Crippen LogP contribution in [0.2, 0.25) is 5.02 Å². The van der Waals surface area contributed by atoms with Crippen molar-refractivity contribution in [1.29, 1.82) is 0 Å². The van der Waals surface area contributed by atoms with Crippen LogP contribution in [0, 0.1) is 6.92 Å². The molecule has 3 aromatic rings. The molecule has 0 bridgehead atoms. The number of hydrogen-bond donors (Lipinski definition) is 2. The van der Waals surface area contributed by atoms with E-state index in [1.807, 2.05) is 54.9 Å². The Morgan fingerprint density at radius 1 is 1.03 bits per heavy atom. The molecule has 1 heterocycles. The summed E-state index contributed by atoms with van der Waals surface area (Å²) in [5.41, 5.74) is 2.34. The summed E-state index contributed by atoms with van der Waals surface area (Å²) in [5, 5.41) is 15.9. The summed E-state index contributed by atoms with van der Waals surface area (Å²) in [6.07, 6.45) is 1.68. The van der Waals surface area contributed by atoms with Gasteiger partial charge in [-0.1, -0.05) is 41.9 Å². The van der Waals surface area contributed by atoms with Crippen molar-refractivity contribution in [2.24, 2.45) is 12.0 Å². The molecule has 7 nitrogen and oxygen atoms in total. The number of halogens is 1. The summed E-state index contributed by atoms with van der Waals surface area (Å²) in [6.45, 7) is 3.84. The van der Waals surface area contributed by atoms with Gasteiger partial charge >= 0.3 is 0 Å². The molecule has 0 amide bonds. The van der Waals surface area contributed by atoms with Gasteiger partial charge in [-0.2, -0.15) is 0 Å². The van der Waals surface area contributed by atoms with E-state index in [9.17, 15) is 0 Å². The predicted octanol–water partition coefficient (Wildman–Crippen LogP) is 3.31. The van der Waals surface area contributed by atoms with Gasteiger partial charge in [-0.3, -0.25) is 0 Å². The summed E-state index contributed by atoms with van der Waals surface area (Å²) in [4.78, 5) is 4.70. The number of aliphatic imine (C=N–C) groups is 1. The molecule has 8 heteroatoms. The zero-order chi connectivity index (χ0) is 22.1. The second-order valence-electron chi connectivity index (χ2n) is 7.18. The number of aromatic nitrogens is 3. The first-order valence-electron chi connectivity index (χ1n) is 10.3. The average Bonchev–Trinajstić information content (AvgIpc) is 3.11. The second kappa shape index (κ2) is 11.4. The third-order valence-electron chi connectivity index (χ3n) is 5.07. The molecule has 0 saturated heterocycles. The molecule has 0 atom stereocenters. The van der Waals surface area contributed by atoms with Crippen LogP contribution in [0.1, 0.15) is 22.8 Å². The Morgan fingerprint density at radius 3 is 2.39 bits per heavy atom. The monoisotopic (exact) mass is 440 g/mol. The number of nitrogens with one attached hydrogen (secondary N) is 2. The number of ether oxygens (including phenoxy) is 1. The van der Waals surface area contributed by atoms with Gasteiger partial charge in [0, 0.05) is 25.2 Å². The maximum absolute atomic E-state index is 6.27. The number of aryl methyl sites for hydroxylation is 1. The third-order valence-corrected chi connectivity index (χ3v) is 5.44. The maximum atomic E-state index is 6.27. The van der Waals surface area contributed by atoms with Crippen molar-refractivity contribution in [3.63, 3.8) is 0 Å². The minimum absolute atomic E-state index is 0.446. The number of hydrogen-bond acceptors (Lipinski definition) is 4. The van der Waals surface area contributed by atoms with Gasteiger partial charge in [0.05, 0.1) is 7.11 Å². The molecular weight excluding hydrogens is 412 g/mol. The molecule has 2 N–H and O–H groups in total. The lowest BCUT2D eigenvalue weighted by atomic mass is 10.1. The molecule has 0 aliphatic heterocycles. The molecule has 0 radical (unpaired) electrons. The standard InChI is InChI=1S/C23H29ClN6O/c1-17-28-29-22(30(17)2)16-27-23(26-15-13-19-6-4-5-7-21(19)24)25-14-12-18-8-10-20(31-3)11-9-18/h4-11H,12-16H2,1-3H3,(H2,25,26,27). The van der Waals surface area contributed by atoms with Gasteiger partial charge in [0.1, 0.15) is 18.1 Å². The van der Waals surface area contributed by atoms with Gasteiger partial charge in [-0.05, 0) is 49.1 Å². The summed E-state index contributed by atoms with van der Waals surface area (Å²) in [5.74, 6) is 3.28. The third kappa shape index (κ3) is 6.72. The zero-order valence-electron chi connectivity index (χ0n) is 18.2. The normalized spacial score (nSPS) is 11.4. The van der Waals surface area contributed by atoms with E-state index in [1.165, 1.54) is 5.56 Å². The lowest BCUT2D eigenvalue weighted by Gasteiger charge is -2.13. The second-order valence-corrected chi connectivity index (χ2v) is 7.59. The van der Waals surface area contributed by atoms with E-state index in [1.54, 1.807) is 7.11 Å². The highest BCUT2D eigenvalue weighted by atomic mass is 35.5. The fraction of sp³-hybridized carbons (Fsp3) is 0.348. The first kappa shape index (κ1) is 22.6. The lowest BCUT2D eigenvalue weighted by molar-refractivity contribution is 0.414. The van der Waals surface area contributed by atoms with Crippen LogP contribution in [0.3, 0.4) is 0 Å². The summed E-state index contributed by atoms with van der Waals surface area (Å²) in [7, 11) is 3.62. The quantitative estimate of drug-likeness (QED) is 0.394. The van der Waals surface area contributed by atoms with E-state index in [0.29, 0.717) is 6.54 Å². The highest BCUT2D eigenvalue weighted by Gasteiger charge is 2.06. The Hall–Kier alpha value is -3.06. The number of guanidine groups is 1. The molecule has 0 fully saturated rings. The molecule has 1 aromatic heterocycles. The van der Waals surface area contributed by atoms with Crippen molar-refractivity contribution >= 4 is 17.6 Å². The minimum atomic E-state index is 0.446. The van der Waals surface area contributed by atoms with Crippen molar-refractivity contribution < 1.29 is 4.74 Å². The van der Waals surface area contributed by atoms with Crippen LogP contribution in [0.4, 0.5) is 0 Å². The van der Waals surface area contributed by atoms with E-state index in [-0.39, 0.29) is 0 Å². The predicted molar refractivity (Wildman–Crippen MR) is 125 cm³/mol. The summed E-state index contributed by atoms with van der Waals surface area (Å²) >= 11 is 6.27. The van der Waals surface area contributed by atoms with Gasteiger partial charge in [0.2, 0.25) is 0 Å². The molecule has 0 aliphatic carbocycles. The van der Waals surface area contributed by atoms with Crippen molar-refractivity contribution in [2.75, 3.05) is 20.2 Å². The fourth-order valence-electron chi connectivity index (χ4n) is 3.05. The molecule has 31 heavy (non-hydrogen) atoms. The van der Waals surface area contributed by atoms with Gasteiger partial charge in [-0.25, -0.2) is 4.99 Å².